The third-order valence-electron chi connectivity index (χ3n) is 4.23. The molecule has 1 aliphatic heterocycles. The molecule has 3 rings (SSSR count). The van der Waals surface area contributed by atoms with Crippen LogP contribution in [-0.4, -0.2) is 42.6 Å². The van der Waals surface area contributed by atoms with Crippen LogP contribution in [0, 0.1) is 5.92 Å². The fourth-order valence-corrected chi connectivity index (χ4v) is 2.91. The van der Waals surface area contributed by atoms with Gasteiger partial charge in [0.25, 0.3) is 0 Å². The van der Waals surface area contributed by atoms with Gasteiger partial charge in [-0.25, -0.2) is 0 Å². The van der Waals surface area contributed by atoms with Gasteiger partial charge >= 0.3 is 0 Å². The van der Waals surface area contributed by atoms with Crippen LogP contribution in [-0.2, 0) is 9.59 Å². The Morgan fingerprint density at radius 1 is 1.17 bits per heavy atom. The van der Waals surface area contributed by atoms with Gasteiger partial charge in [-0.05, 0) is 10.8 Å². The number of hydrogen-bond donors (Lipinski definition) is 1. The topological polar surface area (TPSA) is 66.5 Å². The second kappa shape index (κ2) is 6.20. The lowest BCUT2D eigenvalue weighted by molar-refractivity contribution is -0.128. The van der Waals surface area contributed by atoms with Gasteiger partial charge in [-0.3, -0.25) is 14.4 Å². The van der Waals surface area contributed by atoms with Gasteiger partial charge < -0.3 is 10.2 Å². The first-order valence-corrected chi connectivity index (χ1v) is 7.59. The van der Waals surface area contributed by atoms with E-state index in [1.54, 1.807) is 13.1 Å². The van der Waals surface area contributed by atoms with Gasteiger partial charge in [-0.1, -0.05) is 42.5 Å². The Morgan fingerprint density at radius 2 is 1.91 bits per heavy atom. The first-order valence-electron chi connectivity index (χ1n) is 7.59. The van der Waals surface area contributed by atoms with E-state index >= 15 is 0 Å². The summed E-state index contributed by atoms with van der Waals surface area (Å²) in [5.74, 6) is -0.775. The fourth-order valence-electron chi connectivity index (χ4n) is 2.91. The standard InChI is InChI=1S/C18H18N2O3/c1-20-11-13(9-17(20)22)18(23)19-10-16(21)15-8-4-6-12-5-2-3-7-14(12)15/h2-8,13H,9-11H2,1H3,(H,19,23). The van der Waals surface area contributed by atoms with Crippen LogP contribution in [0.5, 0.6) is 0 Å². The molecule has 0 bridgehead atoms. The second-order valence-electron chi connectivity index (χ2n) is 5.84. The van der Waals surface area contributed by atoms with Crippen LogP contribution in [0.3, 0.4) is 0 Å². The maximum Gasteiger partial charge on any atom is 0.225 e. The lowest BCUT2D eigenvalue weighted by atomic mass is 10.0. The molecule has 118 valence electrons. The van der Waals surface area contributed by atoms with Gasteiger partial charge in [-0.15, -0.1) is 0 Å². The quantitative estimate of drug-likeness (QED) is 0.873. The number of hydrogen-bond acceptors (Lipinski definition) is 3. The van der Waals surface area contributed by atoms with E-state index in [4.69, 9.17) is 0 Å². The normalized spacial score (nSPS) is 17.5. The molecule has 5 heteroatoms. The number of rotatable bonds is 4. The van der Waals surface area contributed by atoms with E-state index in [1.165, 1.54) is 4.90 Å². The first kappa shape index (κ1) is 15.2. The van der Waals surface area contributed by atoms with Crippen LogP contribution < -0.4 is 5.32 Å². The zero-order chi connectivity index (χ0) is 16.4. The largest absolute Gasteiger partial charge is 0.348 e. The third kappa shape index (κ3) is 3.08. The fraction of sp³-hybridized carbons (Fsp3) is 0.278. The summed E-state index contributed by atoms with van der Waals surface area (Å²) in [6, 6.07) is 13.2. The van der Waals surface area contributed by atoms with Gasteiger partial charge in [-0.2, -0.15) is 0 Å². The molecular formula is C18H18N2O3. The molecule has 1 atom stereocenters. The van der Waals surface area contributed by atoms with Crippen molar-refractivity contribution in [2.75, 3.05) is 20.1 Å². The molecule has 1 unspecified atom stereocenters. The zero-order valence-electron chi connectivity index (χ0n) is 12.9. The summed E-state index contributed by atoms with van der Waals surface area (Å²) < 4.78 is 0. The highest BCUT2D eigenvalue weighted by atomic mass is 16.2. The molecule has 5 nitrogen and oxygen atoms in total. The number of amides is 2. The summed E-state index contributed by atoms with van der Waals surface area (Å²) in [6.45, 7) is 0.356. The number of fused-ring (bicyclic) bond motifs is 1. The van der Waals surface area contributed by atoms with E-state index in [1.807, 2.05) is 36.4 Å². The number of nitrogens with zero attached hydrogens (tertiary/aromatic N) is 1. The van der Waals surface area contributed by atoms with Crippen molar-refractivity contribution in [3.63, 3.8) is 0 Å². The number of Topliss-reactive ketones (excluding diaryl/α,β-unsaturated/α-hetero) is 1. The Kier molecular flexibility index (Phi) is 4.10. The minimum Gasteiger partial charge on any atom is -0.348 e. The SMILES string of the molecule is CN1CC(C(=O)NCC(=O)c2cccc3ccccc23)CC1=O. The van der Waals surface area contributed by atoms with Crippen molar-refractivity contribution in [3.8, 4) is 0 Å². The van der Waals surface area contributed by atoms with Crippen molar-refractivity contribution in [3.05, 3.63) is 48.0 Å². The monoisotopic (exact) mass is 310 g/mol. The zero-order valence-corrected chi connectivity index (χ0v) is 12.9. The highest BCUT2D eigenvalue weighted by Gasteiger charge is 2.32. The molecule has 1 saturated heterocycles. The van der Waals surface area contributed by atoms with E-state index in [2.05, 4.69) is 5.32 Å². The Bertz CT molecular complexity index is 779. The van der Waals surface area contributed by atoms with Crippen molar-refractivity contribution in [1.29, 1.82) is 0 Å². The van der Waals surface area contributed by atoms with Crippen molar-refractivity contribution >= 4 is 28.4 Å². The van der Waals surface area contributed by atoms with E-state index in [-0.39, 0.29) is 36.5 Å². The molecule has 1 heterocycles. The maximum atomic E-state index is 12.4. The highest BCUT2D eigenvalue weighted by Crippen LogP contribution is 2.19. The van der Waals surface area contributed by atoms with Crippen LogP contribution >= 0.6 is 0 Å². The molecule has 0 radical (unpaired) electrons. The van der Waals surface area contributed by atoms with Crippen LogP contribution in [0.4, 0.5) is 0 Å². The number of likely N-dealkylation sites (tertiary alicyclic amines) is 1. The maximum absolute atomic E-state index is 12.4. The summed E-state index contributed by atoms with van der Waals surface area (Å²) in [7, 11) is 1.68. The van der Waals surface area contributed by atoms with Crippen LogP contribution in [0.2, 0.25) is 0 Å². The van der Waals surface area contributed by atoms with Crippen LogP contribution in [0.15, 0.2) is 42.5 Å². The van der Waals surface area contributed by atoms with E-state index in [9.17, 15) is 14.4 Å². The van der Waals surface area contributed by atoms with E-state index < -0.39 is 0 Å². The molecule has 0 aromatic heterocycles. The first-order chi connectivity index (χ1) is 11.1. The minimum absolute atomic E-state index is 0.0365. The van der Waals surface area contributed by atoms with Gasteiger partial charge in [0.1, 0.15) is 0 Å². The third-order valence-corrected chi connectivity index (χ3v) is 4.23. The van der Waals surface area contributed by atoms with E-state index in [0.29, 0.717) is 12.1 Å². The average molecular weight is 310 g/mol. The van der Waals surface area contributed by atoms with Gasteiger partial charge in [0, 0.05) is 25.6 Å². The molecule has 0 spiro atoms. The summed E-state index contributed by atoms with van der Waals surface area (Å²) in [5, 5.41) is 4.53. The Morgan fingerprint density at radius 3 is 2.65 bits per heavy atom. The van der Waals surface area contributed by atoms with Gasteiger partial charge in [0.2, 0.25) is 11.8 Å². The van der Waals surface area contributed by atoms with Crippen LogP contribution in [0.1, 0.15) is 16.8 Å². The van der Waals surface area contributed by atoms with Gasteiger partial charge in [0.05, 0.1) is 12.5 Å². The summed E-state index contributed by atoms with van der Waals surface area (Å²) in [4.78, 5) is 37.5. The minimum atomic E-state index is -0.368. The average Bonchev–Trinajstić information content (AvgIpc) is 2.91. The van der Waals surface area contributed by atoms with Crippen molar-refractivity contribution in [1.82, 2.24) is 10.2 Å². The molecule has 23 heavy (non-hydrogen) atoms. The van der Waals surface area contributed by atoms with Crippen molar-refractivity contribution < 1.29 is 14.4 Å². The number of nitrogens with one attached hydrogen (secondary N) is 1. The lowest BCUT2D eigenvalue weighted by Gasteiger charge is -2.11. The number of ketones is 1. The Labute approximate surface area is 134 Å². The smallest absolute Gasteiger partial charge is 0.225 e. The molecule has 0 saturated carbocycles. The summed E-state index contributed by atoms with van der Waals surface area (Å²) in [5.41, 5.74) is 0.600. The number of benzene rings is 2. The Hall–Kier alpha value is -2.69. The van der Waals surface area contributed by atoms with E-state index in [0.717, 1.165) is 10.8 Å². The molecule has 1 aliphatic rings. The molecule has 1 fully saturated rings. The van der Waals surface area contributed by atoms with Gasteiger partial charge in [0.15, 0.2) is 5.78 Å². The Balaban J connectivity index is 1.67. The summed E-state index contributed by atoms with van der Waals surface area (Å²) >= 11 is 0. The molecule has 2 amide bonds. The molecule has 2 aromatic carbocycles. The molecule has 2 aromatic rings. The highest BCUT2D eigenvalue weighted by molar-refractivity contribution is 6.09. The second-order valence-corrected chi connectivity index (χ2v) is 5.84. The molecule has 0 aliphatic carbocycles. The number of carbonyl (C=O) groups excluding carboxylic acids is 3. The van der Waals surface area contributed by atoms with Crippen LogP contribution in [0.25, 0.3) is 10.8 Å². The lowest BCUT2D eigenvalue weighted by Crippen LogP contribution is -2.35. The predicted molar refractivity (Wildman–Crippen MR) is 87.0 cm³/mol. The van der Waals surface area contributed by atoms with Crippen molar-refractivity contribution in [2.24, 2.45) is 5.92 Å². The predicted octanol–water partition coefficient (Wildman–Crippen LogP) is 1.62. The number of carbonyl (C=O) groups is 3. The molecular weight excluding hydrogens is 292 g/mol. The van der Waals surface area contributed by atoms with Crippen molar-refractivity contribution in [2.45, 2.75) is 6.42 Å². The summed E-state index contributed by atoms with van der Waals surface area (Å²) in [6.07, 6.45) is 0.213. The molecule has 1 N–H and O–H groups in total.